The van der Waals surface area contributed by atoms with Gasteiger partial charge in [-0.3, -0.25) is 4.55 Å². The Balaban J connectivity index is 1.14. The lowest BCUT2D eigenvalue weighted by molar-refractivity contribution is -0.0442. The molecule has 0 aliphatic heterocycles. The zero-order chi connectivity index (χ0) is 56.0. The van der Waals surface area contributed by atoms with Gasteiger partial charge >= 0.3 is 65.1 Å². The Kier molecular flexibility index (Phi) is 18.2. The van der Waals surface area contributed by atoms with Crippen LogP contribution in [0.4, 0.5) is 30.7 Å². The highest BCUT2D eigenvalue weighted by atomic mass is 32.3. The molecule has 0 spiro atoms. The molecule has 6 aliphatic rings. The Bertz CT molecular complexity index is 3020. The predicted molar refractivity (Wildman–Crippen MR) is 273 cm³/mol. The molecule has 2 aromatic rings. The first kappa shape index (κ1) is 60.3. The van der Waals surface area contributed by atoms with Crippen molar-refractivity contribution in [2.24, 2.45) is 11.8 Å². The van der Waals surface area contributed by atoms with Crippen molar-refractivity contribution >= 4 is 50.4 Å². The van der Waals surface area contributed by atoms with Crippen LogP contribution in [-0.2, 0) is 50.4 Å². The maximum atomic E-state index is 15.9. The van der Waals surface area contributed by atoms with Crippen molar-refractivity contribution in [3.63, 3.8) is 0 Å². The Labute approximate surface area is 448 Å². The smallest absolute Gasteiger partial charge is 0.377 e. The molecule has 0 amide bonds. The second-order valence-corrected chi connectivity index (χ2v) is 31.5. The lowest BCUT2D eigenvalue weighted by atomic mass is 9.66. The van der Waals surface area contributed by atoms with Crippen LogP contribution in [-0.4, -0.2) is 61.3 Å². The van der Waals surface area contributed by atoms with E-state index in [2.05, 4.69) is 0 Å². The van der Waals surface area contributed by atoms with E-state index in [1.165, 1.54) is 0 Å². The third-order valence-corrected chi connectivity index (χ3v) is 25.8. The summed E-state index contributed by atoms with van der Waals surface area (Å²) < 4.78 is 237. The molecule has 0 aromatic heterocycles. The Morgan fingerprint density at radius 2 is 0.727 bits per heavy atom. The summed E-state index contributed by atoms with van der Waals surface area (Å²) in [6.45, 7) is 0. The number of hydrogen-bond acceptors (Lipinski definition) is 12. The van der Waals surface area contributed by atoms with Crippen molar-refractivity contribution in [1.82, 2.24) is 4.13 Å². The van der Waals surface area contributed by atoms with Gasteiger partial charge in [0.1, 0.15) is 11.5 Å². The molecule has 0 saturated heterocycles. The molecule has 0 bridgehead atoms. The normalized spacial score (nSPS) is 25.4. The molecule has 2 aromatic carbocycles. The fourth-order valence-corrected chi connectivity index (χ4v) is 19.2. The molecule has 436 valence electrons. The minimum atomic E-state index is -7.17. The lowest BCUT2D eigenvalue weighted by Gasteiger charge is -2.40. The summed E-state index contributed by atoms with van der Waals surface area (Å²) in [5.74, 6) is -2.55. The summed E-state index contributed by atoms with van der Waals surface area (Å²) in [5.41, 5.74) is -3.41. The zero-order valence-corrected chi connectivity index (χ0v) is 46.8. The Morgan fingerprint density at radius 3 is 1.10 bits per heavy atom. The highest BCUT2D eigenvalue weighted by molar-refractivity contribution is 8.12. The maximum absolute atomic E-state index is 15.9. The second kappa shape index (κ2) is 23.2. The zero-order valence-electron chi connectivity index (χ0n) is 42.8. The molecule has 0 heterocycles. The average molecular weight is 1200 g/mol. The van der Waals surface area contributed by atoms with Crippen LogP contribution in [0.5, 0.6) is 11.5 Å². The van der Waals surface area contributed by atoms with Gasteiger partial charge in [0.05, 0.1) is 0 Å². The van der Waals surface area contributed by atoms with Crippen LogP contribution in [0.1, 0.15) is 249 Å². The van der Waals surface area contributed by atoms with Crippen molar-refractivity contribution < 1.29 is 85.7 Å². The third-order valence-electron chi connectivity index (χ3n) is 17.7. The summed E-state index contributed by atoms with van der Waals surface area (Å²) in [6, 6.07) is 7.10. The van der Waals surface area contributed by atoms with Gasteiger partial charge in [0.15, 0.2) is 0 Å². The van der Waals surface area contributed by atoms with E-state index in [9.17, 15) is 59.8 Å². The average Bonchev–Trinajstić information content (AvgIpc) is 3.38. The first-order valence-corrected chi connectivity index (χ1v) is 34.5. The molecule has 77 heavy (non-hydrogen) atoms. The van der Waals surface area contributed by atoms with Gasteiger partial charge in [0.2, 0.25) is 0 Å². The summed E-state index contributed by atoms with van der Waals surface area (Å²) in [7, 11) is -33.8. The number of nitrogens with one attached hydrogen (secondary N) is 1. The van der Waals surface area contributed by atoms with Crippen LogP contribution in [0.25, 0.3) is 0 Å². The quantitative estimate of drug-likeness (QED) is 0.0856. The first-order chi connectivity index (χ1) is 35.9. The molecule has 8 rings (SSSR count). The van der Waals surface area contributed by atoms with Crippen molar-refractivity contribution in [3.05, 3.63) is 57.6 Å². The molecule has 0 radical (unpaired) electrons. The van der Waals surface area contributed by atoms with E-state index in [-0.39, 0.29) is 50.6 Å². The SMILES string of the molecule is O=S(=O)(O)C(F)(F)S(=O)(=O)Oc1c(C2CCCCC2)cc(C2CCCCC2)cc1C1CCCC(C2CCC(c3cc(C4CCCCC4)cc(C4CCCCC4)c3OS(=O)(=O)C(F)(F)S(=O)(=O)NS(=O)(=O)C(F)(F)F)CC2)C1. The summed E-state index contributed by atoms with van der Waals surface area (Å²) in [6.07, 6.45) is 19.9. The number of hydrogen-bond donors (Lipinski definition) is 2. The van der Waals surface area contributed by atoms with Crippen LogP contribution in [0, 0.1) is 11.8 Å². The summed E-state index contributed by atoms with van der Waals surface area (Å²) in [5, 5.41) is 0. The van der Waals surface area contributed by atoms with E-state index < -0.39 is 88.6 Å². The minimum absolute atomic E-state index is 0.00275. The van der Waals surface area contributed by atoms with Gasteiger partial charge in [-0.25, -0.2) is 16.8 Å². The monoisotopic (exact) mass is 1200 g/mol. The summed E-state index contributed by atoms with van der Waals surface area (Å²) >= 11 is 0. The maximum Gasteiger partial charge on any atom is 0.512 e. The molecular weight excluding hydrogens is 1130 g/mol. The van der Waals surface area contributed by atoms with Gasteiger partial charge in [-0.15, -0.1) is 0 Å². The highest BCUT2D eigenvalue weighted by Gasteiger charge is 2.64. The van der Waals surface area contributed by atoms with Gasteiger partial charge in [-0.05, 0) is 171 Å². The third kappa shape index (κ3) is 12.8. The largest absolute Gasteiger partial charge is 0.512 e. The molecule has 2 N–H and O–H groups in total. The second-order valence-electron chi connectivity index (χ2n) is 22.6. The van der Waals surface area contributed by atoms with E-state index >= 15 is 17.6 Å². The van der Waals surface area contributed by atoms with Gasteiger partial charge in [0.25, 0.3) is 0 Å². The number of sulfonamides is 2. The number of halogens is 7. The lowest BCUT2D eigenvalue weighted by Crippen LogP contribution is -2.51. The van der Waals surface area contributed by atoms with Crippen molar-refractivity contribution in [3.8, 4) is 11.5 Å². The standard InChI is InChI=1S/C51H70F7NO13S5/c52-49(53,54)73(60,61)59-74(62,63)50(55,56)76(67,68)71-47-43(36-18-9-3-10-19-36)29-41(33-14-5-1-6-15-33)31-45(47)38-26-24-35(25-27-38)39-22-13-23-40(28-39)46-32-42(34-16-7-2-8-17-34)30-44(37-20-11-4-12-21-37)48(46)72-77(69,70)51(57,58)75(64,65)66/h29-40,59H,1-28H2,(H,64,65,66). The van der Waals surface area contributed by atoms with Crippen LogP contribution in [0.2, 0.25) is 0 Å². The van der Waals surface area contributed by atoms with Gasteiger partial charge in [-0.2, -0.15) is 56.0 Å². The van der Waals surface area contributed by atoms with Crippen LogP contribution in [0.15, 0.2) is 24.3 Å². The van der Waals surface area contributed by atoms with Crippen molar-refractivity contribution in [2.75, 3.05) is 0 Å². The molecular formula is C51H70F7NO13S5. The molecule has 2 unspecified atom stereocenters. The fourth-order valence-electron chi connectivity index (χ4n) is 13.6. The fraction of sp³-hybridized carbons (Fsp3) is 0.765. The van der Waals surface area contributed by atoms with E-state index in [4.69, 9.17) is 8.37 Å². The van der Waals surface area contributed by atoms with E-state index in [1.807, 2.05) is 12.1 Å². The minimum Gasteiger partial charge on any atom is -0.377 e. The summed E-state index contributed by atoms with van der Waals surface area (Å²) in [4.78, 5) is 0. The van der Waals surface area contributed by atoms with E-state index in [0.717, 1.165) is 107 Å². The van der Waals surface area contributed by atoms with E-state index in [1.54, 1.807) is 12.1 Å². The van der Waals surface area contributed by atoms with Crippen LogP contribution < -0.4 is 12.5 Å². The van der Waals surface area contributed by atoms with Crippen LogP contribution in [0.3, 0.4) is 0 Å². The number of alkyl halides is 7. The Hall–Kier alpha value is -2.78. The molecule has 6 saturated carbocycles. The molecule has 14 nitrogen and oxygen atoms in total. The molecule has 6 fully saturated rings. The first-order valence-electron chi connectivity index (χ1n) is 27.2. The highest BCUT2D eigenvalue weighted by Crippen LogP contribution is 2.54. The Morgan fingerprint density at radius 1 is 0.390 bits per heavy atom. The molecule has 26 heteroatoms. The van der Waals surface area contributed by atoms with Gasteiger partial charge < -0.3 is 8.37 Å². The van der Waals surface area contributed by atoms with E-state index in [0.29, 0.717) is 94.6 Å². The molecule has 2 atom stereocenters. The number of rotatable bonds is 17. The van der Waals surface area contributed by atoms with Gasteiger partial charge in [0, 0.05) is 0 Å². The van der Waals surface area contributed by atoms with Crippen LogP contribution >= 0.6 is 0 Å². The predicted octanol–water partition coefficient (Wildman–Crippen LogP) is 13.3. The van der Waals surface area contributed by atoms with Gasteiger partial charge in [-0.1, -0.05) is 118 Å². The van der Waals surface area contributed by atoms with Crippen molar-refractivity contribution in [1.29, 1.82) is 0 Å². The van der Waals surface area contributed by atoms with Crippen molar-refractivity contribution in [2.45, 2.75) is 230 Å². The topological polar surface area (TPSA) is 221 Å². The number of benzene rings is 2. The molecule has 6 aliphatic carbocycles.